The van der Waals surface area contributed by atoms with Crippen molar-refractivity contribution in [1.82, 2.24) is 4.98 Å². The number of rotatable bonds is 5. The van der Waals surface area contributed by atoms with Gasteiger partial charge in [0, 0.05) is 38.7 Å². The van der Waals surface area contributed by atoms with E-state index in [1.165, 1.54) is 22.7 Å². The van der Waals surface area contributed by atoms with E-state index in [1.807, 2.05) is 19.0 Å². The fourth-order valence-electron chi connectivity index (χ4n) is 3.70. The average Bonchev–Trinajstić information content (AvgIpc) is 3.48. The number of thiazole rings is 1. The maximum absolute atomic E-state index is 12.3. The Labute approximate surface area is 186 Å². The van der Waals surface area contributed by atoms with Gasteiger partial charge in [-0.3, -0.25) is 4.79 Å². The number of nitrogens with one attached hydrogen (secondary N) is 1. The minimum atomic E-state index is -0.545. The second-order valence-corrected chi connectivity index (χ2v) is 9.82. The lowest BCUT2D eigenvalue weighted by molar-refractivity contribution is -0.119. The lowest BCUT2D eigenvalue weighted by Crippen LogP contribution is -2.34. The molecule has 0 atom stereocenters. The highest BCUT2D eigenvalue weighted by atomic mass is 32.1. The molecule has 5 rings (SSSR count). The second kappa shape index (κ2) is 7.69. The predicted molar refractivity (Wildman–Crippen MR) is 120 cm³/mol. The largest absolute Gasteiger partial charge is 0.451 e. The SMILES string of the molecule is CN(C)c1nc2sc(C(=O)OCC(=O)Nc3ccc4c(c3)OC3(CCCC3)O4)cc2s1. The first-order valence-electron chi connectivity index (χ1n) is 9.98. The fourth-order valence-corrected chi connectivity index (χ4v) is 5.73. The van der Waals surface area contributed by atoms with E-state index in [4.69, 9.17) is 14.2 Å². The maximum atomic E-state index is 12.3. The van der Waals surface area contributed by atoms with Crippen LogP contribution < -0.4 is 19.7 Å². The summed E-state index contributed by atoms with van der Waals surface area (Å²) in [5, 5.41) is 3.61. The number of ether oxygens (including phenoxy) is 3. The van der Waals surface area contributed by atoms with Crippen LogP contribution in [0.4, 0.5) is 10.8 Å². The third kappa shape index (κ3) is 3.92. The van der Waals surface area contributed by atoms with Crippen LogP contribution in [0.15, 0.2) is 24.3 Å². The van der Waals surface area contributed by atoms with Crippen molar-refractivity contribution in [3.63, 3.8) is 0 Å². The molecular weight excluding hydrogens is 438 g/mol. The highest BCUT2D eigenvalue weighted by Crippen LogP contribution is 2.47. The number of carbonyl (C=O) groups is 2. The zero-order chi connectivity index (χ0) is 21.6. The van der Waals surface area contributed by atoms with Crippen molar-refractivity contribution in [1.29, 1.82) is 0 Å². The van der Waals surface area contributed by atoms with E-state index in [-0.39, 0.29) is 6.61 Å². The lowest BCUT2D eigenvalue weighted by Gasteiger charge is -2.21. The first-order chi connectivity index (χ1) is 14.9. The van der Waals surface area contributed by atoms with Crippen LogP contribution in [0, 0.1) is 0 Å². The monoisotopic (exact) mass is 459 g/mol. The number of hydrogen-bond acceptors (Lipinski definition) is 9. The maximum Gasteiger partial charge on any atom is 0.348 e. The molecule has 1 N–H and O–H groups in total. The van der Waals surface area contributed by atoms with Crippen molar-refractivity contribution in [2.24, 2.45) is 0 Å². The lowest BCUT2D eigenvalue weighted by atomic mass is 10.2. The minimum Gasteiger partial charge on any atom is -0.451 e. The van der Waals surface area contributed by atoms with Gasteiger partial charge in [0.15, 0.2) is 23.2 Å². The molecule has 8 nitrogen and oxygen atoms in total. The molecular formula is C21H21N3O5S2. The van der Waals surface area contributed by atoms with E-state index in [2.05, 4.69) is 10.3 Å². The number of thiophene rings is 1. The Morgan fingerprint density at radius 3 is 2.68 bits per heavy atom. The van der Waals surface area contributed by atoms with Gasteiger partial charge < -0.3 is 24.4 Å². The van der Waals surface area contributed by atoms with E-state index in [9.17, 15) is 9.59 Å². The summed E-state index contributed by atoms with van der Waals surface area (Å²) in [6.07, 6.45) is 3.90. The predicted octanol–water partition coefficient (Wildman–Crippen LogP) is 4.26. The normalized spacial score (nSPS) is 16.1. The van der Waals surface area contributed by atoms with Crippen LogP contribution in [-0.4, -0.2) is 43.3 Å². The van der Waals surface area contributed by atoms with Gasteiger partial charge in [-0.25, -0.2) is 9.78 Å². The summed E-state index contributed by atoms with van der Waals surface area (Å²) in [7, 11) is 3.84. The van der Waals surface area contributed by atoms with Gasteiger partial charge in [-0.05, 0) is 31.0 Å². The zero-order valence-electron chi connectivity index (χ0n) is 17.1. The molecule has 3 aromatic rings. The van der Waals surface area contributed by atoms with Gasteiger partial charge in [-0.1, -0.05) is 11.3 Å². The van der Waals surface area contributed by atoms with Gasteiger partial charge in [0.2, 0.25) is 0 Å². The van der Waals surface area contributed by atoms with E-state index in [1.54, 1.807) is 24.3 Å². The van der Waals surface area contributed by atoms with Crippen LogP contribution in [0.2, 0.25) is 0 Å². The van der Waals surface area contributed by atoms with Crippen molar-refractivity contribution in [2.45, 2.75) is 31.5 Å². The van der Waals surface area contributed by atoms with E-state index in [0.29, 0.717) is 22.1 Å². The van der Waals surface area contributed by atoms with Crippen LogP contribution in [0.1, 0.15) is 35.4 Å². The van der Waals surface area contributed by atoms with Crippen molar-refractivity contribution < 1.29 is 23.8 Å². The van der Waals surface area contributed by atoms with Gasteiger partial charge in [-0.2, -0.15) is 0 Å². The Morgan fingerprint density at radius 2 is 1.94 bits per heavy atom. The number of fused-ring (bicyclic) bond motifs is 2. The van der Waals surface area contributed by atoms with Crippen LogP contribution in [0.5, 0.6) is 11.5 Å². The highest BCUT2D eigenvalue weighted by Gasteiger charge is 2.44. The number of aromatic nitrogens is 1. The Bertz CT molecular complexity index is 1130. The minimum absolute atomic E-state index is 0.376. The van der Waals surface area contributed by atoms with Gasteiger partial charge >= 0.3 is 5.97 Å². The van der Waals surface area contributed by atoms with Gasteiger partial charge in [0.1, 0.15) is 9.71 Å². The topological polar surface area (TPSA) is 90.0 Å². The highest BCUT2D eigenvalue weighted by molar-refractivity contribution is 7.29. The Morgan fingerprint density at radius 1 is 1.16 bits per heavy atom. The third-order valence-electron chi connectivity index (χ3n) is 5.18. The summed E-state index contributed by atoms with van der Waals surface area (Å²) in [6.45, 7) is -0.376. The first kappa shape index (κ1) is 20.1. The standard InChI is InChI=1S/C21H21N3O5S2/c1-24(2)20-23-18-15(31-20)10-16(30-18)19(26)27-11-17(25)22-12-5-6-13-14(9-12)29-21(28-13)7-3-4-8-21/h5-6,9-10H,3-4,7-8,11H2,1-2H3,(H,22,25). The molecule has 0 bridgehead atoms. The summed E-state index contributed by atoms with van der Waals surface area (Å²) >= 11 is 2.76. The summed E-state index contributed by atoms with van der Waals surface area (Å²) in [5.41, 5.74) is 0.565. The number of benzene rings is 1. The average molecular weight is 460 g/mol. The number of esters is 1. The number of amides is 1. The zero-order valence-corrected chi connectivity index (χ0v) is 18.7. The quantitative estimate of drug-likeness (QED) is 0.570. The Hall–Kier alpha value is -2.85. The molecule has 31 heavy (non-hydrogen) atoms. The van der Waals surface area contributed by atoms with E-state index in [0.717, 1.165) is 40.3 Å². The van der Waals surface area contributed by atoms with Crippen LogP contribution in [-0.2, 0) is 9.53 Å². The third-order valence-corrected chi connectivity index (χ3v) is 7.49. The van der Waals surface area contributed by atoms with Gasteiger partial charge in [0.25, 0.3) is 11.7 Å². The summed E-state index contributed by atoms with van der Waals surface area (Å²) in [4.78, 5) is 32.2. The molecule has 2 aromatic heterocycles. The molecule has 0 saturated heterocycles. The fraction of sp³-hybridized carbons (Fsp3) is 0.381. The molecule has 10 heteroatoms. The number of nitrogens with zero attached hydrogens (tertiary/aromatic N) is 2. The molecule has 0 radical (unpaired) electrons. The molecule has 0 unspecified atom stereocenters. The molecule has 1 aliphatic heterocycles. The van der Waals surface area contributed by atoms with Crippen molar-refractivity contribution in [3.05, 3.63) is 29.1 Å². The molecule has 1 aromatic carbocycles. The van der Waals surface area contributed by atoms with Crippen LogP contribution in [0.25, 0.3) is 9.53 Å². The van der Waals surface area contributed by atoms with Crippen molar-refractivity contribution >= 4 is 54.9 Å². The molecule has 1 spiro atoms. The Kier molecular flexibility index (Phi) is 4.98. The van der Waals surface area contributed by atoms with Crippen LogP contribution in [0.3, 0.4) is 0 Å². The molecule has 1 amide bonds. The van der Waals surface area contributed by atoms with Gasteiger partial charge in [-0.15, -0.1) is 11.3 Å². The molecule has 162 valence electrons. The molecule has 1 fully saturated rings. The number of carbonyl (C=O) groups excluding carboxylic acids is 2. The Balaban J connectivity index is 1.17. The van der Waals surface area contributed by atoms with Crippen molar-refractivity contribution in [3.8, 4) is 11.5 Å². The summed E-state index contributed by atoms with van der Waals surface area (Å²) in [6, 6.07) is 7.03. The molecule has 2 aliphatic rings. The number of hydrogen-bond donors (Lipinski definition) is 1. The second-order valence-electron chi connectivity index (χ2n) is 7.78. The van der Waals surface area contributed by atoms with Crippen molar-refractivity contribution in [2.75, 3.05) is 30.9 Å². The number of anilines is 2. The molecule has 3 heterocycles. The van der Waals surface area contributed by atoms with Gasteiger partial charge in [0.05, 0.1) is 4.70 Å². The smallest absolute Gasteiger partial charge is 0.348 e. The summed E-state index contributed by atoms with van der Waals surface area (Å²) < 4.78 is 18.1. The molecule has 1 saturated carbocycles. The first-order valence-corrected chi connectivity index (χ1v) is 11.6. The molecule has 1 aliphatic carbocycles. The summed E-state index contributed by atoms with van der Waals surface area (Å²) in [5.74, 6) is -0.188. The van der Waals surface area contributed by atoms with E-state index < -0.39 is 17.7 Å². The van der Waals surface area contributed by atoms with Crippen LogP contribution >= 0.6 is 22.7 Å². The van der Waals surface area contributed by atoms with E-state index >= 15 is 0 Å².